The maximum Gasteiger partial charge on any atom is 0.320 e. The Hall–Kier alpha value is -1.26. The molecule has 1 saturated heterocycles. The van der Waals surface area contributed by atoms with Crippen LogP contribution >= 0.6 is 0 Å². The third kappa shape index (κ3) is 6.36. The SMILES string of the molecule is CCCCN(CCCC)C(=O)N1CCCC(CC(=O)O)C1. The van der Waals surface area contributed by atoms with Crippen molar-refractivity contribution in [3.8, 4) is 0 Å². The van der Waals surface area contributed by atoms with E-state index in [0.717, 1.165) is 58.2 Å². The highest BCUT2D eigenvalue weighted by molar-refractivity contribution is 5.74. The number of hydrogen-bond acceptors (Lipinski definition) is 2. The first kappa shape index (κ1) is 17.8. The van der Waals surface area contributed by atoms with E-state index in [1.807, 2.05) is 9.80 Å². The molecule has 0 bridgehead atoms. The summed E-state index contributed by atoms with van der Waals surface area (Å²) in [5.41, 5.74) is 0. The number of carbonyl (C=O) groups excluding carboxylic acids is 1. The minimum Gasteiger partial charge on any atom is -0.481 e. The van der Waals surface area contributed by atoms with Gasteiger partial charge in [-0.15, -0.1) is 0 Å². The van der Waals surface area contributed by atoms with E-state index in [2.05, 4.69) is 13.8 Å². The third-order valence-corrected chi connectivity index (χ3v) is 4.09. The number of nitrogens with zero attached hydrogens (tertiary/aromatic N) is 2. The molecule has 0 aromatic rings. The average molecular weight is 298 g/mol. The maximum absolute atomic E-state index is 12.6. The Balaban J connectivity index is 2.57. The van der Waals surface area contributed by atoms with Crippen LogP contribution in [-0.4, -0.2) is 53.1 Å². The summed E-state index contributed by atoms with van der Waals surface area (Å²) >= 11 is 0. The molecule has 1 aliphatic rings. The number of unbranched alkanes of at least 4 members (excludes halogenated alkanes) is 2. The van der Waals surface area contributed by atoms with Crippen LogP contribution in [0.1, 0.15) is 58.8 Å². The van der Waals surface area contributed by atoms with Crippen molar-refractivity contribution in [2.24, 2.45) is 5.92 Å². The molecule has 5 nitrogen and oxygen atoms in total. The lowest BCUT2D eigenvalue weighted by Gasteiger charge is -2.36. The number of rotatable bonds is 8. The minimum absolute atomic E-state index is 0.104. The molecule has 0 spiro atoms. The van der Waals surface area contributed by atoms with E-state index in [0.29, 0.717) is 6.54 Å². The number of urea groups is 1. The van der Waals surface area contributed by atoms with Crippen LogP contribution in [0.4, 0.5) is 4.79 Å². The summed E-state index contributed by atoms with van der Waals surface area (Å²) in [6, 6.07) is 0.104. The molecule has 1 rings (SSSR count). The zero-order valence-corrected chi connectivity index (χ0v) is 13.5. The lowest BCUT2D eigenvalue weighted by Crippen LogP contribution is -2.48. The summed E-state index contributed by atoms with van der Waals surface area (Å²) in [4.78, 5) is 27.3. The number of carbonyl (C=O) groups is 2. The number of amides is 2. The van der Waals surface area contributed by atoms with Crippen LogP contribution < -0.4 is 0 Å². The van der Waals surface area contributed by atoms with Crippen molar-refractivity contribution in [2.45, 2.75) is 58.8 Å². The third-order valence-electron chi connectivity index (χ3n) is 4.09. The van der Waals surface area contributed by atoms with Gasteiger partial charge in [0, 0.05) is 32.6 Å². The van der Waals surface area contributed by atoms with Gasteiger partial charge < -0.3 is 14.9 Å². The summed E-state index contributed by atoms with van der Waals surface area (Å²) in [7, 11) is 0. The van der Waals surface area contributed by atoms with Gasteiger partial charge in [0.2, 0.25) is 0 Å². The van der Waals surface area contributed by atoms with E-state index in [1.54, 1.807) is 0 Å². The fourth-order valence-corrected chi connectivity index (χ4v) is 2.85. The van der Waals surface area contributed by atoms with Crippen molar-refractivity contribution in [1.29, 1.82) is 0 Å². The number of carboxylic acids is 1. The van der Waals surface area contributed by atoms with Crippen LogP contribution in [-0.2, 0) is 4.79 Å². The molecular weight excluding hydrogens is 268 g/mol. The normalized spacial score (nSPS) is 18.6. The molecule has 1 atom stereocenters. The lowest BCUT2D eigenvalue weighted by molar-refractivity contribution is -0.138. The van der Waals surface area contributed by atoms with Crippen molar-refractivity contribution in [3.05, 3.63) is 0 Å². The minimum atomic E-state index is -0.761. The first-order valence-corrected chi connectivity index (χ1v) is 8.34. The summed E-state index contributed by atoms with van der Waals surface area (Å²) in [5, 5.41) is 8.92. The van der Waals surface area contributed by atoms with Gasteiger partial charge in [0.05, 0.1) is 0 Å². The first-order valence-electron chi connectivity index (χ1n) is 8.34. The van der Waals surface area contributed by atoms with Crippen LogP contribution in [0.3, 0.4) is 0 Å². The smallest absolute Gasteiger partial charge is 0.320 e. The summed E-state index contributed by atoms with van der Waals surface area (Å²) in [6.45, 7) is 7.26. The monoisotopic (exact) mass is 298 g/mol. The Bertz CT molecular complexity index is 325. The molecule has 21 heavy (non-hydrogen) atoms. The zero-order chi connectivity index (χ0) is 15.7. The van der Waals surface area contributed by atoms with Gasteiger partial charge in [0.1, 0.15) is 0 Å². The van der Waals surface area contributed by atoms with Crippen LogP contribution in [0.2, 0.25) is 0 Å². The number of aliphatic carboxylic acids is 1. The fraction of sp³-hybridized carbons (Fsp3) is 0.875. The molecule has 1 N–H and O–H groups in total. The molecule has 1 aliphatic heterocycles. The van der Waals surface area contributed by atoms with Gasteiger partial charge in [-0.1, -0.05) is 26.7 Å². The molecule has 0 radical (unpaired) electrons. The van der Waals surface area contributed by atoms with Gasteiger partial charge in [-0.2, -0.15) is 0 Å². The predicted molar refractivity (Wildman–Crippen MR) is 83.3 cm³/mol. The number of piperidine rings is 1. The molecule has 5 heteroatoms. The van der Waals surface area contributed by atoms with Gasteiger partial charge in [0.15, 0.2) is 0 Å². The molecule has 0 aliphatic carbocycles. The van der Waals surface area contributed by atoms with E-state index in [9.17, 15) is 9.59 Å². The Morgan fingerprint density at radius 1 is 1.19 bits per heavy atom. The van der Waals surface area contributed by atoms with E-state index in [4.69, 9.17) is 5.11 Å². The van der Waals surface area contributed by atoms with Crippen molar-refractivity contribution in [3.63, 3.8) is 0 Å². The van der Waals surface area contributed by atoms with Crippen molar-refractivity contribution in [2.75, 3.05) is 26.2 Å². The topological polar surface area (TPSA) is 60.9 Å². The number of carboxylic acid groups (broad SMARTS) is 1. The second kappa shape index (κ2) is 9.64. The summed E-state index contributed by atoms with van der Waals surface area (Å²) in [5.74, 6) is -0.650. The lowest BCUT2D eigenvalue weighted by atomic mass is 9.95. The van der Waals surface area contributed by atoms with Crippen LogP contribution in [0, 0.1) is 5.92 Å². The second-order valence-electron chi connectivity index (χ2n) is 6.03. The Morgan fingerprint density at radius 3 is 2.33 bits per heavy atom. The maximum atomic E-state index is 12.6. The van der Waals surface area contributed by atoms with E-state index in [-0.39, 0.29) is 18.4 Å². The molecule has 0 saturated carbocycles. The molecule has 0 aromatic carbocycles. The molecule has 122 valence electrons. The summed E-state index contributed by atoms with van der Waals surface area (Å²) < 4.78 is 0. The van der Waals surface area contributed by atoms with Gasteiger partial charge in [-0.25, -0.2) is 4.79 Å². The van der Waals surface area contributed by atoms with Gasteiger partial charge in [0.25, 0.3) is 0 Å². The van der Waals surface area contributed by atoms with Crippen LogP contribution in [0.25, 0.3) is 0 Å². The quantitative estimate of drug-likeness (QED) is 0.748. The molecular formula is C16H30N2O3. The van der Waals surface area contributed by atoms with E-state index < -0.39 is 5.97 Å². The Morgan fingerprint density at radius 2 is 1.81 bits per heavy atom. The number of likely N-dealkylation sites (tertiary alicyclic amines) is 1. The first-order chi connectivity index (χ1) is 10.1. The fourth-order valence-electron chi connectivity index (χ4n) is 2.85. The summed E-state index contributed by atoms with van der Waals surface area (Å²) in [6.07, 6.45) is 6.23. The Kier molecular flexibility index (Phi) is 8.16. The van der Waals surface area contributed by atoms with Crippen molar-refractivity contribution < 1.29 is 14.7 Å². The molecule has 1 unspecified atom stereocenters. The highest BCUT2D eigenvalue weighted by Gasteiger charge is 2.27. The van der Waals surface area contributed by atoms with Gasteiger partial charge in [-0.3, -0.25) is 4.79 Å². The number of hydrogen-bond donors (Lipinski definition) is 1. The van der Waals surface area contributed by atoms with Crippen LogP contribution in [0.5, 0.6) is 0 Å². The van der Waals surface area contributed by atoms with Gasteiger partial charge >= 0.3 is 12.0 Å². The standard InChI is InChI=1S/C16H30N2O3/c1-3-5-9-17(10-6-4-2)16(21)18-11-7-8-14(13-18)12-15(19)20/h14H,3-13H2,1-2H3,(H,19,20). The predicted octanol–water partition coefficient (Wildman–Crippen LogP) is 3.20. The highest BCUT2D eigenvalue weighted by Crippen LogP contribution is 2.21. The molecule has 1 fully saturated rings. The molecule has 2 amide bonds. The second-order valence-corrected chi connectivity index (χ2v) is 6.03. The largest absolute Gasteiger partial charge is 0.481 e. The van der Waals surface area contributed by atoms with Crippen LogP contribution in [0.15, 0.2) is 0 Å². The zero-order valence-electron chi connectivity index (χ0n) is 13.5. The van der Waals surface area contributed by atoms with Gasteiger partial charge in [-0.05, 0) is 31.6 Å². The van der Waals surface area contributed by atoms with Crippen molar-refractivity contribution in [1.82, 2.24) is 9.80 Å². The van der Waals surface area contributed by atoms with E-state index >= 15 is 0 Å². The Labute approximate surface area is 128 Å². The molecule has 1 heterocycles. The average Bonchev–Trinajstić information content (AvgIpc) is 2.46. The highest BCUT2D eigenvalue weighted by atomic mass is 16.4. The van der Waals surface area contributed by atoms with E-state index in [1.165, 1.54) is 0 Å². The van der Waals surface area contributed by atoms with Crippen molar-refractivity contribution >= 4 is 12.0 Å². The molecule has 0 aromatic heterocycles.